The van der Waals surface area contributed by atoms with E-state index in [-0.39, 0.29) is 29.5 Å². The van der Waals surface area contributed by atoms with Gasteiger partial charge in [-0.05, 0) is 35.9 Å². The summed E-state index contributed by atoms with van der Waals surface area (Å²) in [6, 6.07) is 15.4. The molecule has 0 saturated carbocycles. The Kier molecular flexibility index (Phi) is 7.29. The number of carbonyl (C=O) groups is 2. The number of fused-ring (bicyclic) bond motifs is 1. The number of carbonyl (C=O) groups excluding carboxylic acids is 2. The van der Waals surface area contributed by atoms with Gasteiger partial charge in [-0.15, -0.1) is 0 Å². The summed E-state index contributed by atoms with van der Waals surface area (Å²) in [5.41, 5.74) is 2.54. The SMILES string of the molecule is COc1cc([N+](=O)[O-])cc(/C=N\NC(=O)/C(=C\c2ccc3c(c2)OCO3)NC(=O)c2ccccc2)c1O. The predicted molar refractivity (Wildman–Crippen MR) is 132 cm³/mol. The summed E-state index contributed by atoms with van der Waals surface area (Å²) >= 11 is 0. The van der Waals surface area contributed by atoms with E-state index in [1.807, 2.05) is 0 Å². The Bertz CT molecular complexity index is 1420. The molecule has 0 spiro atoms. The first-order chi connectivity index (χ1) is 17.9. The fourth-order valence-corrected chi connectivity index (χ4v) is 3.31. The van der Waals surface area contributed by atoms with Gasteiger partial charge in [0.15, 0.2) is 23.0 Å². The summed E-state index contributed by atoms with van der Waals surface area (Å²) in [5.74, 6) is -0.841. The summed E-state index contributed by atoms with van der Waals surface area (Å²) in [7, 11) is 1.24. The first-order valence-corrected chi connectivity index (χ1v) is 10.7. The number of ether oxygens (including phenoxy) is 3. The van der Waals surface area contributed by atoms with Crippen molar-refractivity contribution in [3.8, 4) is 23.0 Å². The summed E-state index contributed by atoms with van der Waals surface area (Å²) in [4.78, 5) is 36.2. The first-order valence-electron chi connectivity index (χ1n) is 10.7. The van der Waals surface area contributed by atoms with Crippen LogP contribution in [0.4, 0.5) is 5.69 Å². The molecule has 2 amide bonds. The smallest absolute Gasteiger partial charge is 0.287 e. The number of phenols is 1. The number of methoxy groups -OCH3 is 1. The van der Waals surface area contributed by atoms with Crippen LogP contribution in [0, 0.1) is 10.1 Å². The van der Waals surface area contributed by atoms with Crippen molar-refractivity contribution in [3.05, 3.63) is 93.2 Å². The van der Waals surface area contributed by atoms with Gasteiger partial charge in [0.25, 0.3) is 17.5 Å². The van der Waals surface area contributed by atoms with Gasteiger partial charge in [-0.3, -0.25) is 19.7 Å². The van der Waals surface area contributed by atoms with Gasteiger partial charge in [-0.25, -0.2) is 5.43 Å². The lowest BCUT2D eigenvalue weighted by molar-refractivity contribution is -0.385. The molecule has 3 N–H and O–H groups in total. The molecule has 3 aromatic rings. The number of rotatable bonds is 8. The highest BCUT2D eigenvalue weighted by molar-refractivity contribution is 6.05. The van der Waals surface area contributed by atoms with Crippen LogP contribution >= 0.6 is 0 Å². The normalized spacial score (nSPS) is 12.3. The van der Waals surface area contributed by atoms with Crippen molar-refractivity contribution in [1.82, 2.24) is 10.7 Å². The monoisotopic (exact) mass is 504 g/mol. The fraction of sp³-hybridized carbons (Fsp3) is 0.0800. The highest BCUT2D eigenvalue weighted by Gasteiger charge is 2.18. The van der Waals surface area contributed by atoms with E-state index < -0.39 is 22.5 Å². The van der Waals surface area contributed by atoms with E-state index in [2.05, 4.69) is 15.8 Å². The summed E-state index contributed by atoms with van der Waals surface area (Å²) < 4.78 is 15.6. The Morgan fingerprint density at radius 3 is 2.59 bits per heavy atom. The number of nitrogens with one attached hydrogen (secondary N) is 2. The quantitative estimate of drug-likeness (QED) is 0.183. The summed E-state index contributed by atoms with van der Waals surface area (Å²) in [5, 5.41) is 27.7. The van der Waals surface area contributed by atoms with Gasteiger partial charge in [-0.2, -0.15) is 5.10 Å². The van der Waals surface area contributed by atoms with Crippen LogP contribution in [0.15, 0.2) is 71.5 Å². The van der Waals surface area contributed by atoms with Crippen LogP contribution in [0.2, 0.25) is 0 Å². The topological polar surface area (TPSA) is 162 Å². The van der Waals surface area contributed by atoms with E-state index in [9.17, 15) is 24.8 Å². The molecule has 0 aliphatic carbocycles. The Morgan fingerprint density at radius 2 is 1.86 bits per heavy atom. The second kappa shape index (κ2) is 10.9. The van der Waals surface area contributed by atoms with E-state index in [0.29, 0.717) is 22.6 Å². The number of hydrazone groups is 1. The molecule has 0 fully saturated rings. The molecule has 0 aromatic heterocycles. The number of hydrogen-bond donors (Lipinski definition) is 3. The van der Waals surface area contributed by atoms with Crippen LogP contribution < -0.4 is 25.0 Å². The highest BCUT2D eigenvalue weighted by Crippen LogP contribution is 2.34. The lowest BCUT2D eigenvalue weighted by atomic mass is 10.1. The molecule has 188 valence electrons. The molecule has 37 heavy (non-hydrogen) atoms. The Labute approximate surface area is 209 Å². The number of phenolic OH excluding ortho intramolecular Hbond substituents is 1. The number of aromatic hydroxyl groups is 1. The van der Waals surface area contributed by atoms with Crippen molar-refractivity contribution in [2.45, 2.75) is 0 Å². The number of nitrogens with zero attached hydrogens (tertiary/aromatic N) is 2. The first kappa shape index (κ1) is 24.7. The minimum absolute atomic E-state index is 0.0685. The number of non-ortho nitro benzene ring substituents is 1. The molecule has 0 unspecified atom stereocenters. The van der Waals surface area contributed by atoms with Gasteiger partial charge in [-0.1, -0.05) is 24.3 Å². The zero-order valence-electron chi connectivity index (χ0n) is 19.3. The zero-order valence-corrected chi connectivity index (χ0v) is 19.3. The van der Waals surface area contributed by atoms with Gasteiger partial charge < -0.3 is 24.6 Å². The van der Waals surface area contributed by atoms with E-state index in [4.69, 9.17) is 14.2 Å². The molecular formula is C25H20N4O8. The summed E-state index contributed by atoms with van der Waals surface area (Å²) in [6.07, 6.45) is 2.43. The Balaban J connectivity index is 1.59. The molecule has 12 nitrogen and oxygen atoms in total. The number of hydrogen-bond acceptors (Lipinski definition) is 9. The number of benzene rings is 3. The maximum absolute atomic E-state index is 13.0. The molecule has 4 rings (SSSR count). The van der Waals surface area contributed by atoms with Gasteiger partial charge in [0.1, 0.15) is 5.70 Å². The minimum Gasteiger partial charge on any atom is -0.504 e. The number of nitro benzene ring substituents is 1. The van der Waals surface area contributed by atoms with E-state index in [1.165, 1.54) is 13.2 Å². The predicted octanol–water partition coefficient (Wildman–Crippen LogP) is 2.96. The van der Waals surface area contributed by atoms with Crippen molar-refractivity contribution < 1.29 is 33.8 Å². The molecule has 0 radical (unpaired) electrons. The average molecular weight is 504 g/mol. The maximum Gasteiger partial charge on any atom is 0.287 e. The minimum atomic E-state index is -0.796. The molecule has 3 aromatic carbocycles. The Morgan fingerprint density at radius 1 is 1.11 bits per heavy atom. The van der Waals surface area contributed by atoms with Crippen molar-refractivity contribution in [2.75, 3.05) is 13.9 Å². The van der Waals surface area contributed by atoms with Crippen LogP contribution in [0.25, 0.3) is 6.08 Å². The van der Waals surface area contributed by atoms with Crippen LogP contribution in [-0.4, -0.2) is 42.0 Å². The zero-order chi connectivity index (χ0) is 26.4. The average Bonchev–Trinajstić information content (AvgIpc) is 3.37. The molecule has 12 heteroatoms. The Hall–Kier alpha value is -5.39. The third kappa shape index (κ3) is 5.82. The van der Waals surface area contributed by atoms with Crippen molar-refractivity contribution in [2.24, 2.45) is 5.10 Å². The maximum atomic E-state index is 13.0. The third-order valence-electron chi connectivity index (χ3n) is 5.13. The molecule has 0 bridgehead atoms. The van der Waals surface area contributed by atoms with Crippen LogP contribution in [-0.2, 0) is 4.79 Å². The number of amides is 2. The second-order valence-corrected chi connectivity index (χ2v) is 7.53. The fourth-order valence-electron chi connectivity index (χ4n) is 3.31. The standard InChI is InChI=1S/C25H20N4O8/c1-35-22-12-18(29(33)34)11-17(23(22)30)13-26-28-25(32)19(27-24(31)16-5-3-2-4-6-16)9-15-7-8-20-21(10-15)37-14-36-20/h2-13,30H,14H2,1H3,(H,27,31)(H,28,32)/b19-9+,26-13-. The summed E-state index contributed by atoms with van der Waals surface area (Å²) in [6.45, 7) is 0.0740. The van der Waals surface area contributed by atoms with E-state index >= 15 is 0 Å². The van der Waals surface area contributed by atoms with Gasteiger partial charge in [0.05, 0.1) is 24.3 Å². The van der Waals surface area contributed by atoms with Crippen molar-refractivity contribution in [1.29, 1.82) is 0 Å². The lowest BCUT2D eigenvalue weighted by Crippen LogP contribution is -2.32. The molecular weight excluding hydrogens is 484 g/mol. The van der Waals surface area contributed by atoms with Crippen LogP contribution in [0.3, 0.4) is 0 Å². The lowest BCUT2D eigenvalue weighted by Gasteiger charge is -2.10. The van der Waals surface area contributed by atoms with Gasteiger partial charge in [0, 0.05) is 17.2 Å². The largest absolute Gasteiger partial charge is 0.504 e. The molecule has 1 aliphatic heterocycles. The van der Waals surface area contributed by atoms with Crippen molar-refractivity contribution in [3.63, 3.8) is 0 Å². The molecule has 1 aliphatic rings. The highest BCUT2D eigenvalue weighted by atomic mass is 16.7. The van der Waals surface area contributed by atoms with Gasteiger partial charge >= 0.3 is 0 Å². The van der Waals surface area contributed by atoms with Crippen LogP contribution in [0.1, 0.15) is 21.5 Å². The second-order valence-electron chi connectivity index (χ2n) is 7.53. The van der Waals surface area contributed by atoms with Crippen LogP contribution in [0.5, 0.6) is 23.0 Å². The third-order valence-corrected chi connectivity index (χ3v) is 5.13. The van der Waals surface area contributed by atoms with E-state index in [0.717, 1.165) is 18.3 Å². The van der Waals surface area contributed by atoms with Gasteiger partial charge in [0.2, 0.25) is 6.79 Å². The molecule has 1 heterocycles. The molecule has 0 atom stereocenters. The molecule has 0 saturated heterocycles. The van der Waals surface area contributed by atoms with Crippen molar-refractivity contribution >= 4 is 29.8 Å². The number of nitro groups is 1. The van der Waals surface area contributed by atoms with E-state index in [1.54, 1.807) is 48.5 Å².